The number of hydrogen-bond acceptors (Lipinski definition) is 3. The van der Waals surface area contributed by atoms with E-state index in [2.05, 4.69) is 18.2 Å². The molecule has 0 spiro atoms. The minimum atomic E-state index is 0.685. The molecular weight excluding hydrogens is 170 g/mol. The molecule has 0 atom stereocenters. The van der Waals surface area contributed by atoms with E-state index in [0.717, 1.165) is 25.3 Å². The largest absolute Gasteiger partial charge is 0.376 e. The van der Waals surface area contributed by atoms with Gasteiger partial charge in [0.25, 0.3) is 0 Å². The number of ether oxygens (including phenoxy) is 1. The van der Waals surface area contributed by atoms with Gasteiger partial charge in [-0.15, -0.1) is 0 Å². The Morgan fingerprint density at radius 2 is 2.25 bits per heavy atom. The van der Waals surface area contributed by atoms with Gasteiger partial charge in [0, 0.05) is 18.8 Å². The molecule has 0 fully saturated rings. The molecule has 0 aromatic carbocycles. The first-order valence-electron chi connectivity index (χ1n) is 4.19. The summed E-state index contributed by atoms with van der Waals surface area (Å²) in [4.78, 5) is 0. The van der Waals surface area contributed by atoms with Gasteiger partial charge in [-0.1, -0.05) is 12.2 Å². The van der Waals surface area contributed by atoms with Crippen LogP contribution in [0.2, 0.25) is 0 Å². The van der Waals surface area contributed by atoms with Crippen molar-refractivity contribution in [2.24, 2.45) is 0 Å². The lowest BCUT2D eigenvalue weighted by Gasteiger charge is -2.04. The van der Waals surface area contributed by atoms with E-state index in [-0.39, 0.29) is 0 Å². The second-order valence-electron chi connectivity index (χ2n) is 2.75. The minimum Gasteiger partial charge on any atom is -0.376 e. The topological polar surface area (TPSA) is 21.3 Å². The third kappa shape index (κ3) is 10.0. The predicted molar refractivity (Wildman–Crippen MR) is 56.9 cm³/mol. The van der Waals surface area contributed by atoms with Gasteiger partial charge >= 0.3 is 0 Å². The molecule has 72 valence electrons. The van der Waals surface area contributed by atoms with Crippen LogP contribution in [0.4, 0.5) is 0 Å². The summed E-state index contributed by atoms with van der Waals surface area (Å²) in [5.74, 6) is 1.17. The molecule has 1 N–H and O–H groups in total. The summed E-state index contributed by atoms with van der Waals surface area (Å²) < 4.78 is 5.31. The molecule has 0 aliphatic carbocycles. The lowest BCUT2D eigenvalue weighted by molar-refractivity contribution is 0.158. The smallest absolute Gasteiger partial charge is 0.0672 e. The molecule has 0 saturated carbocycles. The average Bonchev–Trinajstić information content (AvgIpc) is 2.02. The first-order valence-corrected chi connectivity index (χ1v) is 5.58. The molecule has 0 rings (SSSR count). The molecule has 0 aliphatic rings. The Bertz CT molecular complexity index is 117. The Morgan fingerprint density at radius 1 is 1.50 bits per heavy atom. The highest BCUT2D eigenvalue weighted by Gasteiger charge is 1.88. The summed E-state index contributed by atoms with van der Waals surface area (Å²) in [5.41, 5.74) is 1.08. The molecule has 0 aliphatic heterocycles. The van der Waals surface area contributed by atoms with E-state index in [1.165, 1.54) is 5.75 Å². The molecule has 0 aromatic heterocycles. The fourth-order valence-corrected chi connectivity index (χ4v) is 1.04. The highest BCUT2D eigenvalue weighted by molar-refractivity contribution is 7.98. The van der Waals surface area contributed by atoms with Crippen molar-refractivity contribution in [3.05, 3.63) is 12.2 Å². The molecule has 12 heavy (non-hydrogen) atoms. The molecule has 0 radical (unpaired) electrons. The van der Waals surface area contributed by atoms with Gasteiger partial charge in [0.15, 0.2) is 0 Å². The quantitative estimate of drug-likeness (QED) is 0.462. The van der Waals surface area contributed by atoms with Crippen LogP contribution < -0.4 is 5.32 Å². The van der Waals surface area contributed by atoms with E-state index in [1.807, 2.05) is 18.7 Å². The monoisotopic (exact) mass is 189 g/mol. The normalized spacial score (nSPS) is 10.2. The summed E-state index contributed by atoms with van der Waals surface area (Å²) in [6, 6.07) is 0. The molecule has 2 nitrogen and oxygen atoms in total. The van der Waals surface area contributed by atoms with Crippen LogP contribution >= 0.6 is 11.8 Å². The SMILES string of the molecule is C=C(C)COCCNCCSC. The summed E-state index contributed by atoms with van der Waals surface area (Å²) in [5, 5.41) is 3.28. The zero-order valence-corrected chi connectivity index (χ0v) is 8.88. The lowest BCUT2D eigenvalue weighted by Crippen LogP contribution is -2.22. The van der Waals surface area contributed by atoms with Crippen molar-refractivity contribution < 1.29 is 4.74 Å². The third-order valence-electron chi connectivity index (χ3n) is 1.25. The summed E-state index contributed by atoms with van der Waals surface area (Å²) in [7, 11) is 0. The number of thioether (sulfide) groups is 1. The zero-order valence-electron chi connectivity index (χ0n) is 8.06. The van der Waals surface area contributed by atoms with Crippen molar-refractivity contribution in [2.45, 2.75) is 6.92 Å². The number of nitrogens with one attached hydrogen (secondary N) is 1. The standard InChI is InChI=1S/C9H19NOS/c1-9(2)8-11-6-4-10-5-7-12-3/h10H,1,4-8H2,2-3H3. The molecule has 0 saturated heterocycles. The van der Waals surface area contributed by atoms with Crippen LogP contribution in [0.3, 0.4) is 0 Å². The summed E-state index contributed by atoms with van der Waals surface area (Å²) in [6.07, 6.45) is 2.11. The van der Waals surface area contributed by atoms with Crippen LogP contribution in [0.15, 0.2) is 12.2 Å². The van der Waals surface area contributed by atoms with E-state index in [9.17, 15) is 0 Å². The molecular formula is C9H19NOS. The maximum Gasteiger partial charge on any atom is 0.0672 e. The Labute approximate surface area is 79.8 Å². The van der Waals surface area contributed by atoms with Gasteiger partial charge in [0.05, 0.1) is 13.2 Å². The van der Waals surface area contributed by atoms with E-state index < -0.39 is 0 Å². The van der Waals surface area contributed by atoms with Gasteiger partial charge in [-0.3, -0.25) is 0 Å². The average molecular weight is 189 g/mol. The Balaban J connectivity index is 2.86. The van der Waals surface area contributed by atoms with Gasteiger partial charge in [-0.05, 0) is 13.2 Å². The van der Waals surface area contributed by atoms with Gasteiger partial charge in [-0.25, -0.2) is 0 Å². The highest BCUT2D eigenvalue weighted by Crippen LogP contribution is 1.88. The minimum absolute atomic E-state index is 0.685. The van der Waals surface area contributed by atoms with Crippen molar-refractivity contribution in [3.8, 4) is 0 Å². The maximum absolute atomic E-state index is 5.31. The fourth-order valence-electron chi connectivity index (χ4n) is 0.690. The first kappa shape index (κ1) is 12.0. The van der Waals surface area contributed by atoms with E-state index in [1.54, 1.807) is 0 Å². The molecule has 0 heterocycles. The highest BCUT2D eigenvalue weighted by atomic mass is 32.2. The second-order valence-corrected chi connectivity index (χ2v) is 3.74. The van der Waals surface area contributed by atoms with Crippen LogP contribution in [0, 0.1) is 0 Å². The number of rotatable bonds is 8. The van der Waals surface area contributed by atoms with Crippen LogP contribution in [0.25, 0.3) is 0 Å². The van der Waals surface area contributed by atoms with E-state index in [0.29, 0.717) is 6.61 Å². The molecule has 3 heteroatoms. The van der Waals surface area contributed by atoms with Gasteiger partial charge < -0.3 is 10.1 Å². The van der Waals surface area contributed by atoms with E-state index >= 15 is 0 Å². The van der Waals surface area contributed by atoms with Crippen molar-refractivity contribution in [1.29, 1.82) is 0 Å². The molecule has 0 amide bonds. The lowest BCUT2D eigenvalue weighted by atomic mass is 10.4. The number of hydrogen-bond donors (Lipinski definition) is 1. The third-order valence-corrected chi connectivity index (χ3v) is 1.87. The first-order chi connectivity index (χ1) is 5.77. The molecule has 0 bridgehead atoms. The maximum atomic E-state index is 5.31. The second kappa shape index (κ2) is 9.10. The summed E-state index contributed by atoms with van der Waals surface area (Å²) in [6.45, 7) is 9.20. The van der Waals surface area contributed by atoms with Gasteiger partial charge in [-0.2, -0.15) is 11.8 Å². The molecule has 0 aromatic rings. The van der Waals surface area contributed by atoms with Crippen molar-refractivity contribution in [1.82, 2.24) is 5.32 Å². The predicted octanol–water partition coefficient (Wildman–Crippen LogP) is 1.53. The van der Waals surface area contributed by atoms with Crippen molar-refractivity contribution in [2.75, 3.05) is 38.3 Å². The van der Waals surface area contributed by atoms with E-state index in [4.69, 9.17) is 4.74 Å². The summed E-state index contributed by atoms with van der Waals surface area (Å²) >= 11 is 1.85. The van der Waals surface area contributed by atoms with Gasteiger partial charge in [0.2, 0.25) is 0 Å². The van der Waals surface area contributed by atoms with Crippen molar-refractivity contribution >= 4 is 11.8 Å². The fraction of sp³-hybridized carbons (Fsp3) is 0.778. The molecule has 0 unspecified atom stereocenters. The van der Waals surface area contributed by atoms with Crippen LogP contribution in [-0.2, 0) is 4.74 Å². The Morgan fingerprint density at radius 3 is 2.83 bits per heavy atom. The Kier molecular flexibility index (Phi) is 9.11. The van der Waals surface area contributed by atoms with Crippen LogP contribution in [0.1, 0.15) is 6.92 Å². The van der Waals surface area contributed by atoms with Crippen LogP contribution in [0.5, 0.6) is 0 Å². The zero-order chi connectivity index (χ0) is 9.23. The van der Waals surface area contributed by atoms with Crippen LogP contribution in [-0.4, -0.2) is 38.3 Å². The van der Waals surface area contributed by atoms with Gasteiger partial charge in [0.1, 0.15) is 0 Å². The van der Waals surface area contributed by atoms with Crippen molar-refractivity contribution in [3.63, 3.8) is 0 Å². The Hall–Kier alpha value is 0.0100.